The molecule has 0 N–H and O–H groups in total. The molecule has 0 atom stereocenters. The van der Waals surface area contributed by atoms with Crippen LogP contribution >= 0.6 is 0 Å². The fourth-order valence-corrected chi connectivity index (χ4v) is 41.2. The maximum absolute atomic E-state index is 15.8. The summed E-state index contributed by atoms with van der Waals surface area (Å²) in [4.78, 5) is 31.7. The Morgan fingerprint density at radius 2 is 0.371 bits per heavy atom. The Labute approximate surface area is 366 Å². The van der Waals surface area contributed by atoms with Crippen molar-refractivity contribution in [1.82, 2.24) is 0 Å². The van der Waals surface area contributed by atoms with E-state index in [4.69, 9.17) is 6.03 Å². The Kier molecular flexibility index (Phi) is 11.3. The molecule has 0 aliphatic carbocycles. The van der Waals surface area contributed by atoms with Gasteiger partial charge in [-0.15, -0.1) is 0 Å². The molecular weight excluding hydrogens is 980 g/mol. The number of hydrogen-bond acceptors (Lipinski definition) is 4. The van der Waals surface area contributed by atoms with Gasteiger partial charge >= 0.3 is 369 Å². The van der Waals surface area contributed by atoms with E-state index in [0.29, 0.717) is 0 Å². The van der Waals surface area contributed by atoms with Crippen LogP contribution in [0.3, 0.4) is 0 Å². The van der Waals surface area contributed by atoms with Crippen molar-refractivity contribution < 1.29 is 15.6 Å². The average molecular weight is 1020 g/mol. The van der Waals surface area contributed by atoms with Gasteiger partial charge in [0.15, 0.2) is 0 Å². The molecule has 0 radical (unpaired) electrons. The fraction of sp³-hybridized carbons (Fsp3) is 0. The summed E-state index contributed by atoms with van der Waals surface area (Å²) in [7, 11) is 0. The molecule has 0 aliphatic heterocycles. The van der Waals surface area contributed by atoms with Gasteiger partial charge in [0.2, 0.25) is 0 Å². The number of rotatable bonds is 12. The molecule has 0 saturated heterocycles. The summed E-state index contributed by atoms with van der Waals surface area (Å²) in [6, 6.07) is 88.0. The van der Waals surface area contributed by atoms with Gasteiger partial charge in [-0.05, 0) is 0 Å². The van der Waals surface area contributed by atoms with Crippen LogP contribution in [0.4, 0.5) is 0 Å². The van der Waals surface area contributed by atoms with Crippen molar-refractivity contribution in [2.24, 2.45) is 0 Å². The number of benzene rings is 9. The molecule has 0 fully saturated rings. The Morgan fingerprint density at radius 3 is 0.532 bits per heavy atom. The first-order chi connectivity index (χ1) is 30.5. The first-order valence-electron chi connectivity index (χ1n) is 20.6. The van der Waals surface area contributed by atoms with Gasteiger partial charge in [-0.2, -0.15) is 0 Å². The maximum atomic E-state index is 15.8. The van der Waals surface area contributed by atoms with Gasteiger partial charge in [0, 0.05) is 0 Å². The van der Waals surface area contributed by atoms with Crippen LogP contribution in [0.15, 0.2) is 267 Å². The second-order valence-electron chi connectivity index (χ2n) is 15.1. The molecule has 0 spiro atoms. The second-order valence-corrected chi connectivity index (χ2v) is 39.7. The Balaban J connectivity index is 1.31. The third kappa shape index (κ3) is 6.36. The van der Waals surface area contributed by atoms with E-state index < -0.39 is 47.6 Å². The Morgan fingerprint density at radius 1 is 0.226 bits per heavy atom. The molecule has 0 aliphatic rings. The van der Waals surface area contributed by atoms with Gasteiger partial charge in [0.05, 0.1) is 0 Å². The molecule has 4 nitrogen and oxygen atoms in total. The quantitative estimate of drug-likeness (QED) is 0.123. The fourth-order valence-electron chi connectivity index (χ4n) is 9.18. The van der Waals surface area contributed by atoms with E-state index in [2.05, 4.69) is 97.1 Å². The molecule has 62 heavy (non-hydrogen) atoms. The SMILES string of the molecule is O=C([O][Sb]([c]1ccccc1)([c]1ccccc1)([c]1ccccc1)[c]1ccccc1)c1ccccc1C(=O)[O][Sb]([c]1ccccc1)([c]1ccccc1)([c]1ccccc1)[c]1ccccc1. The molecule has 9 aromatic rings. The second kappa shape index (κ2) is 17.1. The molecule has 6 heteroatoms. The van der Waals surface area contributed by atoms with Gasteiger partial charge in [0.25, 0.3) is 0 Å². The van der Waals surface area contributed by atoms with Crippen LogP contribution < -0.4 is 28.1 Å². The summed E-state index contributed by atoms with van der Waals surface area (Å²) in [5.74, 6) is -1.24. The predicted molar refractivity (Wildman–Crippen MR) is 257 cm³/mol. The zero-order valence-electron chi connectivity index (χ0n) is 33.9. The molecule has 9 aromatic carbocycles. The topological polar surface area (TPSA) is 52.6 Å². The van der Waals surface area contributed by atoms with E-state index in [9.17, 15) is 0 Å². The van der Waals surface area contributed by atoms with E-state index in [0.717, 1.165) is 28.1 Å². The van der Waals surface area contributed by atoms with Crippen molar-refractivity contribution in [2.45, 2.75) is 0 Å². The van der Waals surface area contributed by atoms with Crippen LogP contribution in [0, 0.1) is 0 Å². The minimum absolute atomic E-state index is 0.116. The third-order valence-corrected chi connectivity index (χ3v) is 44.2. The molecule has 0 unspecified atom stereocenters. The van der Waals surface area contributed by atoms with Gasteiger partial charge in [-0.3, -0.25) is 0 Å². The summed E-state index contributed by atoms with van der Waals surface area (Å²) in [6.07, 6.45) is 0. The van der Waals surface area contributed by atoms with Crippen LogP contribution in [-0.2, 0) is 6.03 Å². The van der Waals surface area contributed by atoms with Crippen LogP contribution in [0.1, 0.15) is 20.7 Å². The van der Waals surface area contributed by atoms with Crippen molar-refractivity contribution in [1.29, 1.82) is 0 Å². The van der Waals surface area contributed by atoms with Crippen molar-refractivity contribution >= 4 is 75.7 Å². The van der Waals surface area contributed by atoms with Crippen LogP contribution in [0.2, 0.25) is 0 Å². The van der Waals surface area contributed by atoms with Crippen LogP contribution in [0.25, 0.3) is 0 Å². The van der Waals surface area contributed by atoms with Gasteiger partial charge in [-0.25, -0.2) is 0 Å². The molecule has 0 saturated carbocycles. The summed E-state index contributed by atoms with van der Waals surface area (Å²) < 4.78 is 22.5. The number of hydrogen-bond donors (Lipinski definition) is 0. The molecular formula is C56H44O4Sb2. The normalized spacial score (nSPS) is 12.7. The Hall–Kier alpha value is -6.44. The summed E-state index contributed by atoms with van der Waals surface area (Å²) >= 11 is -11.5. The summed E-state index contributed by atoms with van der Waals surface area (Å²) in [5.41, 5.74) is 0.233. The molecule has 0 heterocycles. The van der Waals surface area contributed by atoms with Gasteiger partial charge in [0.1, 0.15) is 0 Å². The van der Waals surface area contributed by atoms with Gasteiger partial charge in [-0.1, -0.05) is 0 Å². The van der Waals surface area contributed by atoms with Crippen LogP contribution in [-0.4, -0.2) is 47.6 Å². The minimum atomic E-state index is -5.74. The number of carbonyl (C=O) groups excluding carboxylic acids is 2. The molecule has 0 amide bonds. The predicted octanol–water partition coefficient (Wildman–Crippen LogP) is 7.06. The monoisotopic (exact) mass is 1020 g/mol. The average Bonchev–Trinajstić information content (AvgIpc) is 3.37. The third-order valence-electron chi connectivity index (χ3n) is 11.9. The molecule has 0 aromatic heterocycles. The first-order valence-corrected chi connectivity index (χ1v) is 32.9. The van der Waals surface area contributed by atoms with E-state index in [1.807, 2.05) is 146 Å². The standard InChI is InChI=1S/C8H6O4.8C6H5.2Sb/c9-7(10)5-3-1-2-4-6(5)8(11)12;8*1-2-4-6-5-3-1;;/h1-4H,(H,9,10)(H,11,12);8*1-5H;;/q;;;;;;;;;2*+1/p-2. The van der Waals surface area contributed by atoms with E-state index in [1.165, 1.54) is 0 Å². The summed E-state index contributed by atoms with van der Waals surface area (Å²) in [6.45, 7) is 0. The summed E-state index contributed by atoms with van der Waals surface area (Å²) in [5, 5.41) is 0. The van der Waals surface area contributed by atoms with Crippen molar-refractivity contribution in [3.63, 3.8) is 0 Å². The van der Waals surface area contributed by atoms with E-state index >= 15 is 9.59 Å². The first kappa shape index (κ1) is 40.9. The van der Waals surface area contributed by atoms with Crippen molar-refractivity contribution in [2.75, 3.05) is 0 Å². The van der Waals surface area contributed by atoms with Crippen molar-refractivity contribution in [3.8, 4) is 0 Å². The zero-order valence-corrected chi connectivity index (χ0v) is 39.0. The molecule has 9 rings (SSSR count). The van der Waals surface area contributed by atoms with Crippen molar-refractivity contribution in [3.05, 3.63) is 278 Å². The van der Waals surface area contributed by atoms with Gasteiger partial charge < -0.3 is 0 Å². The zero-order chi connectivity index (χ0) is 42.3. The van der Waals surface area contributed by atoms with E-state index in [-0.39, 0.29) is 11.1 Å². The molecule has 302 valence electrons. The van der Waals surface area contributed by atoms with E-state index in [1.54, 1.807) is 24.3 Å². The number of carbonyl (C=O) groups is 2. The Bertz CT molecular complexity index is 2390. The molecule has 0 bridgehead atoms. The van der Waals surface area contributed by atoms with Crippen LogP contribution in [0.5, 0.6) is 0 Å².